The highest BCUT2D eigenvalue weighted by Crippen LogP contribution is 2.46. The van der Waals surface area contributed by atoms with Gasteiger partial charge in [-0.3, -0.25) is 9.58 Å². The van der Waals surface area contributed by atoms with Gasteiger partial charge < -0.3 is 4.74 Å². The molecule has 3 aromatic rings. The second kappa shape index (κ2) is 6.71. The number of ether oxygens (including phenoxy) is 1. The van der Waals surface area contributed by atoms with Crippen molar-refractivity contribution in [2.24, 2.45) is 7.05 Å². The molecule has 2 atom stereocenters. The summed E-state index contributed by atoms with van der Waals surface area (Å²) in [4.78, 5) is 2.72. The van der Waals surface area contributed by atoms with Gasteiger partial charge in [0.25, 0.3) is 0 Å². The number of likely N-dealkylation sites (tertiary alicyclic amines) is 1. The van der Waals surface area contributed by atoms with E-state index in [0.29, 0.717) is 18.0 Å². The summed E-state index contributed by atoms with van der Waals surface area (Å²) >= 11 is 0. The number of hydrogen-bond donors (Lipinski definition) is 0. The van der Waals surface area contributed by atoms with E-state index < -0.39 is 9.84 Å². The second-order valence-corrected chi connectivity index (χ2v) is 9.99. The van der Waals surface area contributed by atoms with Gasteiger partial charge in [0, 0.05) is 49.9 Å². The third-order valence-electron chi connectivity index (χ3n) is 6.08. The smallest absolute Gasteiger partial charge is 0.183 e. The molecule has 0 amide bonds. The third kappa shape index (κ3) is 2.96. The Bertz CT molecular complexity index is 1190. The van der Waals surface area contributed by atoms with Crippen LogP contribution in [0.25, 0.3) is 11.1 Å². The Morgan fingerprint density at radius 3 is 2.72 bits per heavy atom. The Balaban J connectivity index is 1.47. The van der Waals surface area contributed by atoms with E-state index in [1.165, 1.54) is 0 Å². The fourth-order valence-electron chi connectivity index (χ4n) is 4.68. The van der Waals surface area contributed by atoms with Crippen LogP contribution in [-0.2, 0) is 23.4 Å². The van der Waals surface area contributed by atoms with E-state index in [2.05, 4.69) is 10.00 Å². The molecule has 2 aliphatic heterocycles. The average molecular weight is 410 g/mol. The summed E-state index contributed by atoms with van der Waals surface area (Å²) in [6.07, 6.45) is 3.76. The molecule has 5 rings (SSSR count). The number of fused-ring (bicyclic) bond motifs is 3. The molecule has 0 radical (unpaired) electrons. The summed E-state index contributed by atoms with van der Waals surface area (Å²) in [5.41, 5.74) is 4.03. The van der Waals surface area contributed by atoms with Crippen LogP contribution < -0.4 is 4.74 Å². The van der Waals surface area contributed by atoms with Crippen LogP contribution in [0.2, 0.25) is 0 Å². The number of benzene rings is 2. The van der Waals surface area contributed by atoms with Gasteiger partial charge >= 0.3 is 0 Å². The number of methoxy groups -OCH3 is 1. The summed E-state index contributed by atoms with van der Waals surface area (Å²) in [5, 5.41) is 3.86. The van der Waals surface area contributed by atoms with Gasteiger partial charge in [0.05, 0.1) is 23.5 Å². The van der Waals surface area contributed by atoms with Crippen LogP contribution >= 0.6 is 0 Å². The van der Waals surface area contributed by atoms with Crippen LogP contribution in [0.3, 0.4) is 0 Å². The molecule has 29 heavy (non-hydrogen) atoms. The molecule has 1 saturated heterocycles. The topological polar surface area (TPSA) is 64.4 Å². The van der Waals surface area contributed by atoms with E-state index >= 15 is 0 Å². The van der Waals surface area contributed by atoms with Crippen molar-refractivity contribution in [2.45, 2.75) is 22.6 Å². The molecule has 2 aliphatic rings. The zero-order chi connectivity index (χ0) is 20.2. The monoisotopic (exact) mass is 409 g/mol. The molecule has 0 aliphatic carbocycles. The fourth-order valence-corrected chi connectivity index (χ4v) is 6.87. The van der Waals surface area contributed by atoms with Crippen molar-refractivity contribution in [3.63, 3.8) is 0 Å². The van der Waals surface area contributed by atoms with Crippen molar-refractivity contribution in [1.82, 2.24) is 14.7 Å². The molecule has 0 spiro atoms. The van der Waals surface area contributed by atoms with Gasteiger partial charge in [-0.05, 0) is 29.3 Å². The first-order valence-corrected chi connectivity index (χ1v) is 11.2. The second-order valence-electron chi connectivity index (χ2n) is 7.85. The maximum Gasteiger partial charge on any atom is 0.183 e. The van der Waals surface area contributed by atoms with Crippen molar-refractivity contribution in [3.8, 4) is 16.9 Å². The molecule has 0 N–H and O–H groups in total. The Morgan fingerprint density at radius 2 is 1.97 bits per heavy atom. The molecule has 0 saturated carbocycles. The van der Waals surface area contributed by atoms with Gasteiger partial charge in [0.15, 0.2) is 9.84 Å². The van der Waals surface area contributed by atoms with E-state index in [4.69, 9.17) is 4.74 Å². The Kier molecular flexibility index (Phi) is 4.26. The van der Waals surface area contributed by atoms with E-state index in [1.807, 2.05) is 55.8 Å². The van der Waals surface area contributed by atoms with Gasteiger partial charge in [-0.25, -0.2) is 8.42 Å². The van der Waals surface area contributed by atoms with Crippen LogP contribution in [-0.4, -0.2) is 48.5 Å². The molecule has 1 aromatic heterocycles. The van der Waals surface area contributed by atoms with Crippen molar-refractivity contribution in [2.75, 3.05) is 20.2 Å². The molecule has 2 aromatic carbocycles. The van der Waals surface area contributed by atoms with Crippen molar-refractivity contribution in [1.29, 1.82) is 0 Å². The molecular formula is C22H23N3O3S. The number of sulfone groups is 1. The summed E-state index contributed by atoms with van der Waals surface area (Å²) in [6.45, 7) is 1.96. The van der Waals surface area contributed by atoms with Crippen LogP contribution in [0, 0.1) is 0 Å². The van der Waals surface area contributed by atoms with Crippen molar-refractivity contribution in [3.05, 3.63) is 66.0 Å². The molecule has 0 bridgehead atoms. The normalized spacial score (nSPS) is 22.4. The van der Waals surface area contributed by atoms with Crippen LogP contribution in [0.5, 0.6) is 5.75 Å². The lowest BCUT2D eigenvalue weighted by atomic mass is 9.95. The predicted octanol–water partition coefficient (Wildman–Crippen LogP) is 2.85. The summed E-state index contributed by atoms with van der Waals surface area (Å²) in [6, 6.07) is 13.6. The molecular weight excluding hydrogens is 386 g/mol. The SMILES string of the molecule is COc1ccccc1CN1CC2c3cc(-c4cnn(C)c4)ccc3S(=O)(=O)C2C1. The largest absolute Gasteiger partial charge is 0.496 e. The van der Waals surface area contributed by atoms with E-state index in [1.54, 1.807) is 17.9 Å². The molecule has 7 heteroatoms. The first-order chi connectivity index (χ1) is 14.0. The number of para-hydroxylation sites is 1. The minimum absolute atomic E-state index is 0.00123. The maximum atomic E-state index is 13.2. The molecule has 2 unspecified atom stereocenters. The van der Waals surface area contributed by atoms with E-state index in [0.717, 1.165) is 34.5 Å². The highest BCUT2D eigenvalue weighted by molar-refractivity contribution is 7.92. The highest BCUT2D eigenvalue weighted by atomic mass is 32.2. The zero-order valence-electron chi connectivity index (χ0n) is 16.4. The van der Waals surface area contributed by atoms with Crippen LogP contribution in [0.1, 0.15) is 17.0 Å². The molecule has 150 valence electrons. The maximum absolute atomic E-state index is 13.2. The number of rotatable bonds is 4. The average Bonchev–Trinajstić information content (AvgIpc) is 3.39. The summed E-state index contributed by atoms with van der Waals surface area (Å²) < 4.78 is 33.6. The lowest BCUT2D eigenvalue weighted by Crippen LogP contribution is -2.26. The highest BCUT2D eigenvalue weighted by Gasteiger charge is 2.50. The predicted molar refractivity (Wildman–Crippen MR) is 111 cm³/mol. The van der Waals surface area contributed by atoms with E-state index in [9.17, 15) is 8.42 Å². The first-order valence-electron chi connectivity index (χ1n) is 9.68. The Labute approximate surface area is 170 Å². The lowest BCUT2D eigenvalue weighted by molar-refractivity contribution is 0.316. The standard InChI is InChI=1S/C22H23N3O3S/c1-24-11-17(10-23-24)15-7-8-21-18(9-15)19-13-25(14-22(19)29(21,26)27)12-16-5-3-4-6-20(16)28-2/h3-11,19,22H,12-14H2,1-2H3. The van der Waals surface area contributed by atoms with Gasteiger partial charge in [-0.1, -0.05) is 24.3 Å². The van der Waals surface area contributed by atoms with Crippen LogP contribution in [0.4, 0.5) is 0 Å². The summed E-state index contributed by atoms with van der Waals surface area (Å²) in [5.74, 6) is 0.841. The minimum atomic E-state index is -3.31. The molecule has 1 fully saturated rings. The van der Waals surface area contributed by atoms with E-state index in [-0.39, 0.29) is 11.2 Å². The number of hydrogen-bond acceptors (Lipinski definition) is 5. The van der Waals surface area contributed by atoms with Crippen molar-refractivity contribution >= 4 is 9.84 Å². The molecule has 3 heterocycles. The lowest BCUT2D eigenvalue weighted by Gasteiger charge is -2.19. The number of nitrogens with zero attached hydrogens (tertiary/aromatic N) is 3. The number of aryl methyl sites for hydroxylation is 1. The van der Waals surface area contributed by atoms with Crippen LogP contribution in [0.15, 0.2) is 59.8 Å². The van der Waals surface area contributed by atoms with Gasteiger partial charge in [-0.15, -0.1) is 0 Å². The van der Waals surface area contributed by atoms with Gasteiger partial charge in [0.1, 0.15) is 5.75 Å². The Morgan fingerprint density at radius 1 is 1.14 bits per heavy atom. The summed E-state index contributed by atoms with van der Waals surface area (Å²) in [7, 11) is 0.232. The van der Waals surface area contributed by atoms with Crippen molar-refractivity contribution < 1.29 is 13.2 Å². The minimum Gasteiger partial charge on any atom is -0.496 e. The first kappa shape index (κ1) is 18.4. The Hall–Kier alpha value is -2.64. The van der Waals surface area contributed by atoms with Gasteiger partial charge in [0.2, 0.25) is 0 Å². The van der Waals surface area contributed by atoms with Gasteiger partial charge in [-0.2, -0.15) is 5.10 Å². The zero-order valence-corrected chi connectivity index (χ0v) is 17.3. The third-order valence-corrected chi connectivity index (χ3v) is 8.34. The fraction of sp³-hybridized carbons (Fsp3) is 0.318. The molecule has 6 nitrogen and oxygen atoms in total. The number of aromatic nitrogens is 2. The quantitative estimate of drug-likeness (QED) is 0.663.